The van der Waals surface area contributed by atoms with Gasteiger partial charge in [0.2, 0.25) is 0 Å². The third-order valence-corrected chi connectivity index (χ3v) is 4.01. The molecule has 1 heterocycles. The maximum Gasteiger partial charge on any atom is 0.0945 e. The van der Waals surface area contributed by atoms with Gasteiger partial charge in [0.15, 0.2) is 0 Å². The molecule has 0 amide bonds. The van der Waals surface area contributed by atoms with E-state index >= 15 is 0 Å². The van der Waals surface area contributed by atoms with E-state index in [9.17, 15) is 0 Å². The summed E-state index contributed by atoms with van der Waals surface area (Å²) in [5, 5.41) is 3.93. The first-order valence-electron chi connectivity index (χ1n) is 6.69. The summed E-state index contributed by atoms with van der Waals surface area (Å²) >= 11 is 6.39. The summed E-state index contributed by atoms with van der Waals surface area (Å²) in [7, 11) is 0. The van der Waals surface area contributed by atoms with Crippen LogP contribution in [0, 0.1) is 0 Å². The van der Waals surface area contributed by atoms with Crippen molar-refractivity contribution in [3.63, 3.8) is 0 Å². The van der Waals surface area contributed by atoms with Crippen LogP contribution in [0.4, 0.5) is 0 Å². The van der Waals surface area contributed by atoms with Crippen molar-refractivity contribution in [2.45, 2.75) is 56.5 Å². The first-order valence-corrected chi connectivity index (χ1v) is 7.13. The van der Waals surface area contributed by atoms with Gasteiger partial charge in [-0.05, 0) is 25.8 Å². The molecule has 1 aromatic heterocycles. The minimum atomic E-state index is 0.325. The number of halogens is 1. The summed E-state index contributed by atoms with van der Waals surface area (Å²) in [5.74, 6) is 0. The summed E-state index contributed by atoms with van der Waals surface area (Å²) in [5.41, 5.74) is 0. The molecule has 1 aromatic rings. The Hall–Kier alpha value is -0.540. The van der Waals surface area contributed by atoms with Gasteiger partial charge in [0, 0.05) is 30.4 Å². The lowest BCUT2D eigenvalue weighted by Crippen LogP contribution is -2.37. The van der Waals surface area contributed by atoms with Crippen molar-refractivity contribution in [1.82, 2.24) is 14.9 Å². The second-order valence-corrected chi connectivity index (χ2v) is 5.43. The lowest BCUT2D eigenvalue weighted by molar-refractivity contribution is 0.450. The van der Waals surface area contributed by atoms with E-state index in [0.29, 0.717) is 11.4 Å². The van der Waals surface area contributed by atoms with Gasteiger partial charge in [-0.25, -0.2) is 4.98 Å². The van der Waals surface area contributed by atoms with Crippen LogP contribution < -0.4 is 5.32 Å². The van der Waals surface area contributed by atoms with Gasteiger partial charge >= 0.3 is 0 Å². The van der Waals surface area contributed by atoms with Crippen LogP contribution in [0.25, 0.3) is 0 Å². The highest BCUT2D eigenvalue weighted by Crippen LogP contribution is 2.22. The van der Waals surface area contributed by atoms with Crippen molar-refractivity contribution in [3.05, 3.63) is 18.7 Å². The van der Waals surface area contributed by atoms with Crippen LogP contribution in [-0.4, -0.2) is 27.5 Å². The van der Waals surface area contributed by atoms with Crippen molar-refractivity contribution >= 4 is 11.6 Å². The molecule has 3 nitrogen and oxygen atoms in total. The van der Waals surface area contributed by atoms with Crippen molar-refractivity contribution in [3.8, 4) is 0 Å². The highest BCUT2D eigenvalue weighted by molar-refractivity contribution is 6.21. The van der Waals surface area contributed by atoms with E-state index in [2.05, 4.69) is 14.9 Å². The minimum Gasteiger partial charge on any atom is -0.337 e. The van der Waals surface area contributed by atoms with E-state index in [1.807, 2.05) is 18.7 Å². The molecule has 17 heavy (non-hydrogen) atoms. The van der Waals surface area contributed by atoms with Crippen molar-refractivity contribution in [1.29, 1.82) is 0 Å². The maximum absolute atomic E-state index is 6.39. The molecule has 4 heteroatoms. The number of rotatable bonds is 5. The third-order valence-electron chi connectivity index (χ3n) is 3.49. The van der Waals surface area contributed by atoms with Gasteiger partial charge in [-0.2, -0.15) is 0 Å². The first kappa shape index (κ1) is 12.9. The fourth-order valence-electron chi connectivity index (χ4n) is 2.46. The third kappa shape index (κ3) is 4.32. The minimum absolute atomic E-state index is 0.325. The number of hydrogen-bond donors (Lipinski definition) is 1. The van der Waals surface area contributed by atoms with E-state index in [0.717, 1.165) is 19.5 Å². The van der Waals surface area contributed by atoms with Crippen molar-refractivity contribution in [2.75, 3.05) is 6.54 Å². The zero-order valence-corrected chi connectivity index (χ0v) is 11.1. The molecule has 2 rings (SSSR count). The van der Waals surface area contributed by atoms with Crippen molar-refractivity contribution in [2.24, 2.45) is 0 Å². The van der Waals surface area contributed by atoms with Gasteiger partial charge < -0.3 is 9.88 Å². The Balaban J connectivity index is 1.63. The molecule has 0 aromatic carbocycles. The number of imidazole rings is 1. The molecule has 1 N–H and O–H groups in total. The van der Waals surface area contributed by atoms with Gasteiger partial charge in [0.1, 0.15) is 0 Å². The number of nitrogens with zero attached hydrogens (tertiary/aromatic N) is 2. The second kappa shape index (κ2) is 7.02. The van der Waals surface area contributed by atoms with Crippen LogP contribution in [-0.2, 0) is 6.54 Å². The maximum atomic E-state index is 6.39. The van der Waals surface area contributed by atoms with Crippen LogP contribution in [0.1, 0.15) is 38.5 Å². The van der Waals surface area contributed by atoms with Gasteiger partial charge in [-0.15, -0.1) is 11.6 Å². The lowest BCUT2D eigenvalue weighted by Gasteiger charge is -2.21. The van der Waals surface area contributed by atoms with E-state index < -0.39 is 0 Å². The number of aromatic nitrogens is 2. The Kier molecular flexibility index (Phi) is 5.33. The highest BCUT2D eigenvalue weighted by Gasteiger charge is 2.20. The molecule has 0 radical (unpaired) electrons. The highest BCUT2D eigenvalue weighted by atomic mass is 35.5. The van der Waals surface area contributed by atoms with Crippen molar-refractivity contribution < 1.29 is 0 Å². The van der Waals surface area contributed by atoms with E-state index in [-0.39, 0.29) is 0 Å². The number of alkyl halides is 1. The van der Waals surface area contributed by atoms with Crippen LogP contribution in [0.3, 0.4) is 0 Å². The Morgan fingerprint density at radius 1 is 1.29 bits per heavy atom. The van der Waals surface area contributed by atoms with E-state index in [4.69, 9.17) is 11.6 Å². The van der Waals surface area contributed by atoms with Crippen LogP contribution >= 0.6 is 11.6 Å². The Labute approximate surface area is 109 Å². The summed E-state index contributed by atoms with van der Waals surface area (Å²) in [4.78, 5) is 4.04. The molecule has 2 atom stereocenters. The molecule has 1 saturated carbocycles. The fraction of sp³-hybridized carbons (Fsp3) is 0.769. The van der Waals surface area contributed by atoms with E-state index in [1.165, 1.54) is 32.1 Å². The first-order chi connectivity index (χ1) is 8.36. The molecular weight excluding hydrogens is 234 g/mol. The molecule has 96 valence electrons. The molecule has 2 unspecified atom stereocenters. The standard InChI is InChI=1S/C13H22ClN3/c14-12-5-2-1-3-6-13(12)16-7-4-9-17-10-8-15-11-17/h8,10-13,16H,1-7,9H2. The molecule has 1 aliphatic carbocycles. The van der Waals surface area contributed by atoms with Gasteiger partial charge in [-0.3, -0.25) is 0 Å². The average molecular weight is 256 g/mol. The molecule has 0 bridgehead atoms. The Bertz CT molecular complexity index is 300. The van der Waals surface area contributed by atoms with Crippen LogP contribution in [0.5, 0.6) is 0 Å². The SMILES string of the molecule is ClC1CCCCCC1NCCCn1ccnc1. The summed E-state index contributed by atoms with van der Waals surface area (Å²) < 4.78 is 2.12. The predicted octanol–water partition coefficient (Wildman–Crippen LogP) is 2.80. The molecule has 0 spiro atoms. The summed E-state index contributed by atoms with van der Waals surface area (Å²) in [6.45, 7) is 2.08. The zero-order valence-electron chi connectivity index (χ0n) is 10.3. The second-order valence-electron chi connectivity index (χ2n) is 4.87. The number of aryl methyl sites for hydroxylation is 1. The number of hydrogen-bond acceptors (Lipinski definition) is 2. The summed E-state index contributed by atoms with van der Waals surface area (Å²) in [6, 6.07) is 0.516. The predicted molar refractivity (Wildman–Crippen MR) is 71.4 cm³/mol. The number of nitrogens with one attached hydrogen (secondary N) is 1. The molecule has 0 aliphatic heterocycles. The summed E-state index contributed by atoms with van der Waals surface area (Å²) in [6.07, 6.45) is 13.2. The molecular formula is C13H22ClN3. The lowest BCUT2D eigenvalue weighted by atomic mass is 10.1. The largest absolute Gasteiger partial charge is 0.337 e. The quantitative estimate of drug-likeness (QED) is 0.498. The molecule has 1 fully saturated rings. The smallest absolute Gasteiger partial charge is 0.0945 e. The fourth-order valence-corrected chi connectivity index (χ4v) is 2.83. The zero-order chi connectivity index (χ0) is 11.9. The topological polar surface area (TPSA) is 29.9 Å². The van der Waals surface area contributed by atoms with Gasteiger partial charge in [0.25, 0.3) is 0 Å². The Morgan fingerprint density at radius 3 is 3.00 bits per heavy atom. The monoisotopic (exact) mass is 255 g/mol. The van der Waals surface area contributed by atoms with E-state index in [1.54, 1.807) is 0 Å². The van der Waals surface area contributed by atoms with Gasteiger partial charge in [0.05, 0.1) is 6.33 Å². The van der Waals surface area contributed by atoms with Crippen LogP contribution in [0.15, 0.2) is 18.7 Å². The normalized spacial score (nSPS) is 25.7. The van der Waals surface area contributed by atoms with Gasteiger partial charge in [-0.1, -0.05) is 19.3 Å². The van der Waals surface area contributed by atoms with Crippen LogP contribution in [0.2, 0.25) is 0 Å². The molecule has 1 aliphatic rings. The average Bonchev–Trinajstić information content (AvgIpc) is 2.76. The molecule has 0 saturated heterocycles. The Morgan fingerprint density at radius 2 is 2.18 bits per heavy atom.